The molecule has 1 amide bonds. The van der Waals surface area contributed by atoms with Crippen molar-refractivity contribution in [2.45, 2.75) is 70.6 Å². The van der Waals surface area contributed by atoms with Crippen LogP contribution in [-0.2, 0) is 11.2 Å². The first-order valence-corrected chi connectivity index (χ1v) is 11.0. The number of hydrogen-bond donors (Lipinski definition) is 1. The van der Waals surface area contributed by atoms with Crippen LogP contribution in [-0.4, -0.2) is 39.8 Å². The number of carboxylic acids is 1. The van der Waals surface area contributed by atoms with Crippen molar-refractivity contribution in [2.24, 2.45) is 0 Å². The molecule has 1 aliphatic rings. The highest BCUT2D eigenvalue weighted by atomic mass is 35.5. The van der Waals surface area contributed by atoms with E-state index in [1.807, 2.05) is 62.1 Å². The quantitative estimate of drug-likeness (QED) is 0.601. The zero-order valence-electron chi connectivity index (χ0n) is 18.5. The van der Waals surface area contributed by atoms with Crippen molar-refractivity contribution in [3.63, 3.8) is 0 Å². The third-order valence-corrected chi connectivity index (χ3v) is 6.05. The number of carbonyl (C=O) groups excluding carboxylic acids is 1. The lowest BCUT2D eigenvalue weighted by Crippen LogP contribution is -2.46. The molecule has 2 aromatic rings. The van der Waals surface area contributed by atoms with Gasteiger partial charge in [-0.3, -0.25) is 0 Å². The van der Waals surface area contributed by atoms with Crippen molar-refractivity contribution in [1.82, 2.24) is 4.90 Å². The Hall–Kier alpha value is -2.53. The van der Waals surface area contributed by atoms with Gasteiger partial charge in [-0.1, -0.05) is 42.8 Å². The van der Waals surface area contributed by atoms with Crippen molar-refractivity contribution in [2.75, 3.05) is 0 Å². The van der Waals surface area contributed by atoms with Gasteiger partial charge in [-0.15, -0.1) is 0 Å². The number of benzene rings is 2. The largest absolute Gasteiger partial charge is 0.478 e. The van der Waals surface area contributed by atoms with Gasteiger partial charge in [0, 0.05) is 23.0 Å². The number of ether oxygens (including phenoxy) is 1. The van der Waals surface area contributed by atoms with Gasteiger partial charge in [0.1, 0.15) is 5.60 Å². The molecule has 3 atom stereocenters. The molecule has 1 heterocycles. The Morgan fingerprint density at radius 1 is 1.10 bits per heavy atom. The summed E-state index contributed by atoms with van der Waals surface area (Å²) in [5.74, 6) is -0.816. The van der Waals surface area contributed by atoms with Gasteiger partial charge >= 0.3 is 12.1 Å². The van der Waals surface area contributed by atoms with E-state index < -0.39 is 11.6 Å². The molecular weight excluding hydrogens is 414 g/mol. The summed E-state index contributed by atoms with van der Waals surface area (Å²) in [5, 5.41) is 9.82. The topological polar surface area (TPSA) is 66.8 Å². The average molecular weight is 444 g/mol. The number of aromatic carboxylic acids is 1. The summed E-state index contributed by atoms with van der Waals surface area (Å²) in [6, 6.07) is 14.7. The first-order chi connectivity index (χ1) is 14.5. The Morgan fingerprint density at radius 2 is 1.71 bits per heavy atom. The molecule has 166 valence electrons. The van der Waals surface area contributed by atoms with E-state index in [4.69, 9.17) is 21.4 Å². The molecule has 0 aromatic heterocycles. The second-order valence-corrected chi connectivity index (χ2v) is 9.67. The van der Waals surface area contributed by atoms with Crippen LogP contribution in [0, 0.1) is 0 Å². The molecule has 6 heteroatoms. The molecule has 3 rings (SSSR count). The van der Waals surface area contributed by atoms with Crippen molar-refractivity contribution in [3.8, 4) is 0 Å². The van der Waals surface area contributed by atoms with Crippen LogP contribution in [0.25, 0.3) is 0 Å². The number of rotatable bonds is 5. The van der Waals surface area contributed by atoms with Crippen LogP contribution in [0.5, 0.6) is 0 Å². The van der Waals surface area contributed by atoms with E-state index in [2.05, 4.69) is 6.92 Å². The summed E-state index contributed by atoms with van der Waals surface area (Å²) in [6.45, 7) is 7.75. The fourth-order valence-corrected chi connectivity index (χ4v) is 4.37. The highest BCUT2D eigenvalue weighted by molar-refractivity contribution is 6.30. The third kappa shape index (κ3) is 5.79. The number of carbonyl (C=O) groups is 2. The molecule has 0 unspecified atom stereocenters. The number of carboxylic acid groups (broad SMARTS) is 1. The fraction of sp³-hybridized carbons (Fsp3) is 0.440. The van der Waals surface area contributed by atoms with Gasteiger partial charge in [-0.25, -0.2) is 9.59 Å². The van der Waals surface area contributed by atoms with E-state index in [-0.39, 0.29) is 29.7 Å². The lowest BCUT2D eigenvalue weighted by atomic mass is 9.92. The molecule has 5 nitrogen and oxygen atoms in total. The van der Waals surface area contributed by atoms with E-state index in [0.29, 0.717) is 11.4 Å². The molecule has 0 radical (unpaired) electrons. The minimum Gasteiger partial charge on any atom is -0.478 e. The summed E-state index contributed by atoms with van der Waals surface area (Å²) < 4.78 is 5.76. The predicted molar refractivity (Wildman–Crippen MR) is 122 cm³/mol. The van der Waals surface area contributed by atoms with Gasteiger partial charge in [0.15, 0.2) is 0 Å². The second kappa shape index (κ2) is 9.31. The minimum atomic E-state index is -0.945. The summed E-state index contributed by atoms with van der Waals surface area (Å²) in [6.07, 6.45) is 2.09. The smallest absolute Gasteiger partial charge is 0.410 e. The van der Waals surface area contributed by atoms with E-state index in [1.165, 1.54) is 0 Å². The third-order valence-electron chi connectivity index (χ3n) is 5.80. The van der Waals surface area contributed by atoms with Gasteiger partial charge in [-0.05, 0) is 75.4 Å². The van der Waals surface area contributed by atoms with Crippen molar-refractivity contribution in [3.05, 3.63) is 70.2 Å². The van der Waals surface area contributed by atoms with E-state index in [0.717, 1.165) is 24.0 Å². The summed E-state index contributed by atoms with van der Waals surface area (Å²) in [4.78, 5) is 26.2. The Balaban J connectivity index is 1.84. The predicted octanol–water partition coefficient (Wildman–Crippen LogP) is 6.15. The minimum absolute atomic E-state index is 0.00900. The van der Waals surface area contributed by atoms with Crippen molar-refractivity contribution < 1.29 is 19.4 Å². The van der Waals surface area contributed by atoms with E-state index in [1.54, 1.807) is 12.1 Å². The lowest BCUT2D eigenvalue weighted by molar-refractivity contribution is 0.0126. The highest BCUT2D eigenvalue weighted by Gasteiger charge is 2.41. The van der Waals surface area contributed by atoms with Crippen LogP contribution in [0.1, 0.15) is 67.9 Å². The number of amides is 1. The molecule has 1 N–H and O–H groups in total. The molecule has 31 heavy (non-hydrogen) atoms. The van der Waals surface area contributed by atoms with E-state index in [9.17, 15) is 9.59 Å². The van der Waals surface area contributed by atoms with Crippen molar-refractivity contribution >= 4 is 23.7 Å². The number of hydrogen-bond acceptors (Lipinski definition) is 3. The molecular formula is C25H30ClNO4. The van der Waals surface area contributed by atoms with Crippen LogP contribution in [0.4, 0.5) is 4.79 Å². The van der Waals surface area contributed by atoms with Gasteiger partial charge in [0.05, 0.1) is 5.56 Å². The van der Waals surface area contributed by atoms with Crippen LogP contribution in [0.15, 0.2) is 48.5 Å². The first kappa shape index (κ1) is 23.1. The van der Waals surface area contributed by atoms with Crippen LogP contribution < -0.4 is 0 Å². The zero-order chi connectivity index (χ0) is 22.8. The SMILES string of the molecule is C[C@H](c1ccc(Cl)cc1)[C@H]1CC[C@@H](Cc2ccc(C(=O)O)cc2)N1C(=O)OC(C)(C)C. The molecule has 1 fully saturated rings. The maximum atomic E-state index is 13.2. The van der Waals surface area contributed by atoms with Crippen LogP contribution >= 0.6 is 11.6 Å². The Kier molecular flexibility index (Phi) is 6.95. The van der Waals surface area contributed by atoms with Gasteiger partial charge in [-0.2, -0.15) is 0 Å². The summed E-state index contributed by atoms with van der Waals surface area (Å²) >= 11 is 6.05. The van der Waals surface area contributed by atoms with Crippen molar-refractivity contribution in [1.29, 1.82) is 0 Å². The fourth-order valence-electron chi connectivity index (χ4n) is 4.25. The number of halogens is 1. The summed E-state index contributed by atoms with van der Waals surface area (Å²) in [5.41, 5.74) is 1.81. The Morgan fingerprint density at radius 3 is 2.26 bits per heavy atom. The standard InChI is InChI=1S/C25H30ClNO4/c1-16(18-9-11-20(26)12-10-18)22-14-13-21(27(22)24(30)31-25(2,3)4)15-17-5-7-19(8-6-17)23(28)29/h5-12,16,21-22H,13-15H2,1-4H3,(H,28,29)/t16-,21+,22-/m1/s1. The van der Waals surface area contributed by atoms with Crippen LogP contribution in [0.3, 0.4) is 0 Å². The number of nitrogens with zero attached hydrogens (tertiary/aromatic N) is 1. The average Bonchev–Trinajstić information content (AvgIpc) is 3.11. The maximum Gasteiger partial charge on any atom is 0.410 e. The number of likely N-dealkylation sites (tertiary alicyclic amines) is 1. The zero-order valence-corrected chi connectivity index (χ0v) is 19.2. The van der Waals surface area contributed by atoms with Gasteiger partial charge in [0.25, 0.3) is 0 Å². The molecule has 0 aliphatic carbocycles. The molecule has 0 spiro atoms. The Labute approximate surface area is 189 Å². The molecule has 2 aromatic carbocycles. The lowest BCUT2D eigenvalue weighted by Gasteiger charge is -2.35. The van der Waals surface area contributed by atoms with Gasteiger partial charge in [0.2, 0.25) is 0 Å². The van der Waals surface area contributed by atoms with Gasteiger partial charge < -0.3 is 14.7 Å². The summed E-state index contributed by atoms with van der Waals surface area (Å²) in [7, 11) is 0. The van der Waals surface area contributed by atoms with E-state index >= 15 is 0 Å². The molecule has 1 aliphatic heterocycles. The second-order valence-electron chi connectivity index (χ2n) is 9.23. The maximum absolute atomic E-state index is 13.2. The van der Waals surface area contributed by atoms with Crippen LogP contribution in [0.2, 0.25) is 5.02 Å². The Bertz CT molecular complexity index is 918. The molecule has 0 saturated carbocycles. The molecule has 0 bridgehead atoms. The monoisotopic (exact) mass is 443 g/mol. The molecule has 1 saturated heterocycles. The first-order valence-electron chi connectivity index (χ1n) is 10.6. The highest BCUT2D eigenvalue weighted by Crippen LogP contribution is 2.37. The normalized spacial score (nSPS) is 19.8.